The van der Waals surface area contributed by atoms with E-state index < -0.39 is 52.1 Å². The second kappa shape index (κ2) is 7.08. The fraction of sp³-hybridized carbons (Fsp3) is 0.471. The number of carbonyl (C=O) groups is 1. The molecule has 3 rings (SSSR count). The zero-order valence-corrected chi connectivity index (χ0v) is 13.9. The van der Waals surface area contributed by atoms with Crippen molar-refractivity contribution < 1.29 is 41.4 Å². The van der Waals surface area contributed by atoms with Crippen molar-refractivity contribution in [1.82, 2.24) is 5.12 Å². The van der Waals surface area contributed by atoms with Crippen LogP contribution in [-0.2, 0) is 19.9 Å². The average Bonchev–Trinajstić information content (AvgIpc) is 2.66. The average molecular weight is 393 g/mol. The predicted molar refractivity (Wildman–Crippen MR) is 81.6 cm³/mol. The summed E-state index contributed by atoms with van der Waals surface area (Å²) >= 11 is 0. The van der Waals surface area contributed by atoms with E-state index in [1.54, 1.807) is 0 Å². The molecule has 1 N–H and O–H groups in total. The van der Waals surface area contributed by atoms with Gasteiger partial charge in [0.2, 0.25) is 5.95 Å². The number of alkyl halides is 3. The second-order valence-electron chi connectivity index (χ2n) is 6.22. The first kappa shape index (κ1) is 19.6. The summed E-state index contributed by atoms with van der Waals surface area (Å²) in [7, 11) is 0. The van der Waals surface area contributed by atoms with Crippen LogP contribution in [0.1, 0.15) is 18.4 Å². The van der Waals surface area contributed by atoms with Gasteiger partial charge < -0.3 is 14.6 Å². The SMILES string of the molecule is O=C(O)C1=C(F)N(F)C(F)(OC2CCOCC2)C(F)(c2ccccc2)C1F. The quantitative estimate of drug-likeness (QED) is 0.482. The Balaban J connectivity index is 2.16. The van der Waals surface area contributed by atoms with E-state index in [1.165, 1.54) is 18.2 Å². The maximum atomic E-state index is 15.9. The number of halogens is 5. The standard InChI is InChI=1S/C17H16F5NO4/c18-13-12(15(24)25)14(19)23(22)17(21,27-11-6-8-26-9-7-11)16(13,20)10-4-2-1-3-5-10/h1-5,11,13H,6-9H2,(H,24,25). The van der Waals surface area contributed by atoms with Gasteiger partial charge >= 0.3 is 11.9 Å². The molecule has 1 aromatic rings. The monoisotopic (exact) mass is 393 g/mol. The lowest BCUT2D eigenvalue weighted by atomic mass is 9.81. The molecule has 27 heavy (non-hydrogen) atoms. The molecule has 1 aromatic carbocycles. The minimum atomic E-state index is -4.27. The van der Waals surface area contributed by atoms with E-state index in [4.69, 9.17) is 14.6 Å². The fourth-order valence-electron chi connectivity index (χ4n) is 3.18. The number of carboxylic acids is 1. The highest BCUT2D eigenvalue weighted by Crippen LogP contribution is 2.55. The second-order valence-corrected chi connectivity index (χ2v) is 6.22. The smallest absolute Gasteiger partial charge is 0.360 e. The molecular weight excluding hydrogens is 377 g/mol. The van der Waals surface area contributed by atoms with Crippen molar-refractivity contribution in [3.05, 3.63) is 47.4 Å². The number of hydrogen-bond acceptors (Lipinski definition) is 4. The van der Waals surface area contributed by atoms with Crippen LogP contribution in [0.2, 0.25) is 0 Å². The molecular formula is C17H16F5NO4. The van der Waals surface area contributed by atoms with Gasteiger partial charge in [-0.05, 0) is 12.8 Å². The Labute approximate surface area is 150 Å². The molecule has 0 radical (unpaired) electrons. The van der Waals surface area contributed by atoms with E-state index in [2.05, 4.69) is 0 Å². The Hall–Kier alpha value is -2.20. The molecule has 0 saturated carbocycles. The number of rotatable bonds is 4. The van der Waals surface area contributed by atoms with Crippen LogP contribution in [0.5, 0.6) is 0 Å². The highest BCUT2D eigenvalue weighted by Gasteiger charge is 2.72. The molecule has 5 nitrogen and oxygen atoms in total. The minimum Gasteiger partial charge on any atom is -0.478 e. The maximum Gasteiger partial charge on any atom is 0.360 e. The maximum absolute atomic E-state index is 15.9. The number of nitrogens with zero attached hydrogens (tertiary/aromatic N) is 1. The van der Waals surface area contributed by atoms with Crippen LogP contribution in [-0.4, -0.2) is 47.7 Å². The summed E-state index contributed by atoms with van der Waals surface area (Å²) in [5, 5.41) is 7.57. The lowest BCUT2D eigenvalue weighted by Crippen LogP contribution is -2.65. The molecule has 1 saturated heterocycles. The highest BCUT2D eigenvalue weighted by molar-refractivity contribution is 5.89. The predicted octanol–water partition coefficient (Wildman–Crippen LogP) is 3.47. The molecule has 10 heteroatoms. The normalized spacial score (nSPS) is 32.6. The number of aliphatic carboxylic acids is 1. The van der Waals surface area contributed by atoms with Gasteiger partial charge in [-0.1, -0.05) is 34.8 Å². The zero-order valence-electron chi connectivity index (χ0n) is 13.9. The van der Waals surface area contributed by atoms with Gasteiger partial charge in [-0.25, -0.2) is 13.6 Å². The van der Waals surface area contributed by atoms with E-state index in [0.29, 0.717) is 0 Å². The Morgan fingerprint density at radius 3 is 2.37 bits per heavy atom. The van der Waals surface area contributed by atoms with E-state index in [0.717, 1.165) is 12.1 Å². The summed E-state index contributed by atoms with van der Waals surface area (Å²) < 4.78 is 85.1. The van der Waals surface area contributed by atoms with Crippen LogP contribution in [0.3, 0.4) is 0 Å². The Bertz CT molecular complexity index is 742. The third kappa shape index (κ3) is 2.96. The summed E-state index contributed by atoms with van der Waals surface area (Å²) in [5.74, 6) is -8.92. The van der Waals surface area contributed by atoms with Crippen LogP contribution in [0.4, 0.5) is 22.0 Å². The third-order valence-electron chi connectivity index (χ3n) is 4.61. The number of benzene rings is 1. The van der Waals surface area contributed by atoms with E-state index >= 15 is 8.78 Å². The molecule has 2 heterocycles. The Kier molecular flexibility index (Phi) is 5.13. The van der Waals surface area contributed by atoms with Crippen molar-refractivity contribution in [3.8, 4) is 0 Å². The molecule has 3 atom stereocenters. The van der Waals surface area contributed by atoms with Gasteiger partial charge in [-0.15, -0.1) is 5.12 Å². The molecule has 2 aliphatic rings. The molecule has 148 valence electrons. The summed E-state index contributed by atoms with van der Waals surface area (Å²) in [6.45, 7) is 0.213. The first-order chi connectivity index (χ1) is 12.7. The van der Waals surface area contributed by atoms with Crippen LogP contribution >= 0.6 is 0 Å². The fourth-order valence-corrected chi connectivity index (χ4v) is 3.18. The van der Waals surface area contributed by atoms with Crippen LogP contribution in [0, 0.1) is 0 Å². The lowest BCUT2D eigenvalue weighted by Gasteiger charge is -2.47. The van der Waals surface area contributed by atoms with Crippen molar-refractivity contribution >= 4 is 5.97 Å². The van der Waals surface area contributed by atoms with Crippen LogP contribution < -0.4 is 0 Å². The molecule has 1 fully saturated rings. The molecule has 2 aliphatic heterocycles. The van der Waals surface area contributed by atoms with Crippen LogP contribution in [0.15, 0.2) is 41.9 Å². The van der Waals surface area contributed by atoms with Gasteiger partial charge in [0.25, 0.3) is 5.67 Å². The topological polar surface area (TPSA) is 59.0 Å². The molecule has 3 unspecified atom stereocenters. The third-order valence-corrected chi connectivity index (χ3v) is 4.61. The number of carboxylic acid groups (broad SMARTS) is 1. The zero-order chi connectivity index (χ0) is 19.8. The van der Waals surface area contributed by atoms with Crippen molar-refractivity contribution in [2.45, 2.75) is 36.8 Å². The number of hydrogen-bond donors (Lipinski definition) is 1. The van der Waals surface area contributed by atoms with Crippen molar-refractivity contribution in [3.63, 3.8) is 0 Å². The largest absolute Gasteiger partial charge is 0.478 e. The Morgan fingerprint density at radius 1 is 1.22 bits per heavy atom. The molecule has 0 aliphatic carbocycles. The first-order valence-electron chi connectivity index (χ1n) is 8.15. The number of ether oxygens (including phenoxy) is 2. The van der Waals surface area contributed by atoms with Gasteiger partial charge in [0.15, 0.2) is 6.17 Å². The molecule has 0 amide bonds. The van der Waals surface area contributed by atoms with Crippen LogP contribution in [0.25, 0.3) is 0 Å². The van der Waals surface area contributed by atoms with Gasteiger partial charge in [0.05, 0.1) is 6.10 Å². The first-order valence-corrected chi connectivity index (χ1v) is 8.15. The van der Waals surface area contributed by atoms with Gasteiger partial charge in [-0.2, -0.15) is 8.78 Å². The molecule has 0 bridgehead atoms. The van der Waals surface area contributed by atoms with E-state index in [9.17, 15) is 18.1 Å². The van der Waals surface area contributed by atoms with E-state index in [1.807, 2.05) is 0 Å². The summed E-state index contributed by atoms with van der Waals surface area (Å²) in [4.78, 5) is 11.2. The van der Waals surface area contributed by atoms with Gasteiger partial charge in [0.1, 0.15) is 5.57 Å². The molecule has 0 aromatic heterocycles. The Morgan fingerprint density at radius 2 is 1.81 bits per heavy atom. The minimum absolute atomic E-state index is 0.0401. The summed E-state index contributed by atoms with van der Waals surface area (Å²) in [6, 6.07) is 5.71. The lowest BCUT2D eigenvalue weighted by molar-refractivity contribution is -0.388. The van der Waals surface area contributed by atoms with Gasteiger partial charge in [0, 0.05) is 18.8 Å². The van der Waals surface area contributed by atoms with E-state index in [-0.39, 0.29) is 26.1 Å². The van der Waals surface area contributed by atoms with Crippen molar-refractivity contribution in [2.24, 2.45) is 0 Å². The van der Waals surface area contributed by atoms with Gasteiger partial charge in [-0.3, -0.25) is 0 Å². The summed E-state index contributed by atoms with van der Waals surface area (Å²) in [6.07, 6.45) is -4.38. The molecule has 0 spiro atoms. The summed E-state index contributed by atoms with van der Waals surface area (Å²) in [5.41, 5.74) is -6.58. The van der Waals surface area contributed by atoms with Crippen molar-refractivity contribution in [2.75, 3.05) is 13.2 Å². The highest BCUT2D eigenvalue weighted by atomic mass is 19.2. The van der Waals surface area contributed by atoms with Crippen molar-refractivity contribution in [1.29, 1.82) is 0 Å².